The van der Waals surface area contributed by atoms with Crippen LogP contribution in [-0.2, 0) is 16.1 Å². The average molecular weight is 317 g/mol. The lowest BCUT2D eigenvalue weighted by atomic mass is 10.0. The van der Waals surface area contributed by atoms with Crippen molar-refractivity contribution < 1.29 is 14.6 Å². The third-order valence-corrected chi connectivity index (χ3v) is 3.90. The molecule has 9 heteroatoms. The van der Waals surface area contributed by atoms with Crippen molar-refractivity contribution in [3.8, 4) is 0 Å². The van der Waals surface area contributed by atoms with Gasteiger partial charge >= 0.3 is 5.97 Å². The molecule has 1 aromatic heterocycles. The van der Waals surface area contributed by atoms with E-state index in [9.17, 15) is 9.59 Å². The number of carboxylic acid groups (broad SMARTS) is 1. The Labute approximate surface area is 126 Å². The van der Waals surface area contributed by atoms with E-state index in [2.05, 4.69) is 5.10 Å². The maximum atomic E-state index is 12.1. The fourth-order valence-electron chi connectivity index (χ4n) is 2.23. The van der Waals surface area contributed by atoms with Crippen LogP contribution >= 0.6 is 11.6 Å². The minimum atomic E-state index is -1.33. The lowest BCUT2D eigenvalue weighted by Crippen LogP contribution is -2.50. The molecule has 1 aliphatic heterocycles. The van der Waals surface area contributed by atoms with Crippen LogP contribution in [-0.4, -0.2) is 53.2 Å². The Balaban J connectivity index is 2.25. The largest absolute Gasteiger partial charge is 0.480 e. The number of halogens is 1. The highest BCUT2D eigenvalue weighted by atomic mass is 35.5. The monoisotopic (exact) mass is 316 g/mol. The molecule has 2 rings (SSSR count). The lowest BCUT2D eigenvalue weighted by Gasteiger charge is -2.22. The summed E-state index contributed by atoms with van der Waals surface area (Å²) in [6.45, 7) is 1.14. The van der Waals surface area contributed by atoms with E-state index >= 15 is 0 Å². The predicted molar refractivity (Wildman–Crippen MR) is 76.8 cm³/mol. The Morgan fingerprint density at radius 1 is 1.67 bits per heavy atom. The standard InChI is InChI=1S/C12H17ClN4O4/c1-21-5-4-17-10(18)9(13)8(6-15-17)16-3-2-12(14,7-16)11(19)20/h6H,2-5,7,14H2,1H3,(H,19,20). The van der Waals surface area contributed by atoms with Crippen molar-refractivity contribution in [2.45, 2.75) is 18.5 Å². The summed E-state index contributed by atoms with van der Waals surface area (Å²) in [5, 5.41) is 13.2. The van der Waals surface area contributed by atoms with E-state index in [0.29, 0.717) is 25.4 Å². The Morgan fingerprint density at radius 3 is 2.95 bits per heavy atom. The summed E-state index contributed by atoms with van der Waals surface area (Å²) in [7, 11) is 1.53. The van der Waals surface area contributed by atoms with Crippen molar-refractivity contribution in [1.29, 1.82) is 0 Å². The van der Waals surface area contributed by atoms with E-state index in [-0.39, 0.29) is 18.0 Å². The zero-order valence-electron chi connectivity index (χ0n) is 11.6. The zero-order chi connectivity index (χ0) is 15.6. The molecule has 0 aromatic carbocycles. The first-order chi connectivity index (χ1) is 9.89. The Morgan fingerprint density at radius 2 is 2.38 bits per heavy atom. The Bertz CT molecular complexity index is 605. The van der Waals surface area contributed by atoms with Crippen LogP contribution in [0.5, 0.6) is 0 Å². The van der Waals surface area contributed by atoms with Gasteiger partial charge in [-0.3, -0.25) is 9.59 Å². The molecular weight excluding hydrogens is 300 g/mol. The normalized spacial score (nSPS) is 21.8. The van der Waals surface area contributed by atoms with Crippen molar-refractivity contribution in [2.75, 3.05) is 31.7 Å². The number of hydrogen-bond donors (Lipinski definition) is 2. The highest BCUT2D eigenvalue weighted by Crippen LogP contribution is 2.28. The van der Waals surface area contributed by atoms with Gasteiger partial charge in [-0.2, -0.15) is 5.10 Å². The Hall–Kier alpha value is -1.64. The molecule has 0 amide bonds. The second-order valence-corrected chi connectivity index (χ2v) is 5.38. The Kier molecular flexibility index (Phi) is 4.50. The third-order valence-electron chi connectivity index (χ3n) is 3.54. The predicted octanol–water partition coefficient (Wildman–Crippen LogP) is -0.465. The highest BCUT2D eigenvalue weighted by molar-refractivity contribution is 6.33. The van der Waals surface area contributed by atoms with E-state index < -0.39 is 17.1 Å². The number of rotatable bonds is 5. The number of ether oxygens (including phenoxy) is 1. The van der Waals surface area contributed by atoms with E-state index in [0.717, 1.165) is 0 Å². The van der Waals surface area contributed by atoms with Crippen LogP contribution in [0, 0.1) is 0 Å². The quantitative estimate of drug-likeness (QED) is 0.755. The molecule has 0 saturated carbocycles. The molecule has 1 aromatic rings. The fourth-order valence-corrected chi connectivity index (χ4v) is 2.49. The van der Waals surface area contributed by atoms with Gasteiger partial charge in [-0.05, 0) is 6.42 Å². The topological polar surface area (TPSA) is 111 Å². The van der Waals surface area contributed by atoms with Gasteiger partial charge < -0.3 is 20.5 Å². The van der Waals surface area contributed by atoms with Gasteiger partial charge in [0.2, 0.25) is 0 Å². The third kappa shape index (κ3) is 3.02. The van der Waals surface area contributed by atoms with E-state index in [4.69, 9.17) is 27.2 Å². The summed E-state index contributed by atoms with van der Waals surface area (Å²) in [5.41, 5.74) is 4.46. The van der Waals surface area contributed by atoms with Crippen LogP contribution in [0.15, 0.2) is 11.0 Å². The highest BCUT2D eigenvalue weighted by Gasteiger charge is 2.42. The molecule has 1 saturated heterocycles. The van der Waals surface area contributed by atoms with Gasteiger partial charge in [-0.25, -0.2) is 4.68 Å². The molecule has 0 bridgehead atoms. The number of carboxylic acids is 1. The summed E-state index contributed by atoms with van der Waals surface area (Å²) < 4.78 is 6.10. The van der Waals surface area contributed by atoms with Crippen molar-refractivity contribution in [3.05, 3.63) is 21.6 Å². The number of hydrogen-bond acceptors (Lipinski definition) is 6. The van der Waals surface area contributed by atoms with Crippen LogP contribution in [0.25, 0.3) is 0 Å². The summed E-state index contributed by atoms with van der Waals surface area (Å²) in [5.74, 6) is -1.07. The summed E-state index contributed by atoms with van der Waals surface area (Å²) in [4.78, 5) is 24.9. The number of carbonyl (C=O) groups is 1. The first kappa shape index (κ1) is 15.7. The molecule has 0 spiro atoms. The van der Waals surface area contributed by atoms with Crippen molar-refractivity contribution >= 4 is 23.3 Å². The van der Waals surface area contributed by atoms with Gasteiger partial charge in [0.15, 0.2) is 0 Å². The molecule has 0 radical (unpaired) electrons. The SMILES string of the molecule is COCCn1ncc(N2CCC(N)(C(=O)O)C2)c(Cl)c1=O. The minimum absolute atomic E-state index is 0.00995. The van der Waals surface area contributed by atoms with E-state index in [1.54, 1.807) is 4.90 Å². The second-order valence-electron chi connectivity index (χ2n) is 5.00. The van der Waals surface area contributed by atoms with Crippen LogP contribution in [0.2, 0.25) is 5.02 Å². The van der Waals surface area contributed by atoms with E-state index in [1.807, 2.05) is 0 Å². The van der Waals surface area contributed by atoms with Gasteiger partial charge in [0.05, 0.1) is 25.0 Å². The zero-order valence-corrected chi connectivity index (χ0v) is 12.3. The van der Waals surface area contributed by atoms with Crippen LogP contribution in [0.1, 0.15) is 6.42 Å². The lowest BCUT2D eigenvalue weighted by molar-refractivity contribution is -0.142. The first-order valence-corrected chi connectivity index (χ1v) is 6.78. The molecule has 1 aliphatic rings. The number of anilines is 1. The van der Waals surface area contributed by atoms with Crippen LogP contribution < -0.4 is 16.2 Å². The maximum Gasteiger partial charge on any atom is 0.325 e. The summed E-state index contributed by atoms with van der Waals surface area (Å²) in [6, 6.07) is 0. The first-order valence-electron chi connectivity index (χ1n) is 6.41. The maximum absolute atomic E-state index is 12.1. The molecule has 3 N–H and O–H groups in total. The number of aliphatic carboxylic acids is 1. The molecule has 116 valence electrons. The molecule has 8 nitrogen and oxygen atoms in total. The van der Waals surface area contributed by atoms with Gasteiger partial charge in [0, 0.05) is 20.2 Å². The number of aromatic nitrogens is 2. The van der Waals surface area contributed by atoms with Gasteiger partial charge in [0.25, 0.3) is 5.56 Å². The molecule has 0 aliphatic carbocycles. The van der Waals surface area contributed by atoms with Gasteiger partial charge in [-0.15, -0.1) is 0 Å². The molecule has 2 heterocycles. The summed E-state index contributed by atoms with van der Waals surface area (Å²) >= 11 is 6.09. The van der Waals surface area contributed by atoms with Crippen LogP contribution in [0.4, 0.5) is 5.69 Å². The minimum Gasteiger partial charge on any atom is -0.480 e. The van der Waals surface area contributed by atoms with Crippen LogP contribution in [0.3, 0.4) is 0 Å². The second kappa shape index (κ2) is 6.00. The van der Waals surface area contributed by atoms with Crippen molar-refractivity contribution in [2.24, 2.45) is 5.73 Å². The molecule has 1 atom stereocenters. The van der Waals surface area contributed by atoms with Crippen molar-refractivity contribution in [3.63, 3.8) is 0 Å². The molecule has 1 fully saturated rings. The molecule has 1 unspecified atom stereocenters. The molecule has 21 heavy (non-hydrogen) atoms. The number of nitrogens with two attached hydrogens (primary N) is 1. The number of methoxy groups -OCH3 is 1. The summed E-state index contributed by atoms with van der Waals surface area (Å²) in [6.07, 6.45) is 1.73. The number of nitrogens with zero attached hydrogens (tertiary/aromatic N) is 3. The average Bonchev–Trinajstić information content (AvgIpc) is 2.84. The van der Waals surface area contributed by atoms with Gasteiger partial charge in [-0.1, -0.05) is 11.6 Å². The fraction of sp³-hybridized carbons (Fsp3) is 0.583. The van der Waals surface area contributed by atoms with Crippen molar-refractivity contribution in [1.82, 2.24) is 9.78 Å². The van der Waals surface area contributed by atoms with Gasteiger partial charge in [0.1, 0.15) is 10.6 Å². The van der Waals surface area contributed by atoms with E-state index in [1.165, 1.54) is 18.0 Å². The molecular formula is C12H17ClN4O4. The smallest absolute Gasteiger partial charge is 0.325 e.